The summed E-state index contributed by atoms with van der Waals surface area (Å²) < 4.78 is 4.92. The molecule has 1 aromatic carbocycles. The molecule has 0 aliphatic rings. The van der Waals surface area contributed by atoms with Crippen molar-refractivity contribution in [3.63, 3.8) is 0 Å². The number of ketones is 1. The van der Waals surface area contributed by atoms with Crippen LogP contribution >= 0.6 is 0 Å². The zero-order valence-corrected chi connectivity index (χ0v) is 9.60. The van der Waals surface area contributed by atoms with Crippen molar-refractivity contribution in [3.8, 4) is 0 Å². The highest BCUT2D eigenvalue weighted by molar-refractivity contribution is 6.04. The molecule has 1 rings (SSSR count). The van der Waals surface area contributed by atoms with Gasteiger partial charge in [0.2, 0.25) is 0 Å². The predicted molar refractivity (Wildman–Crippen MR) is 61.1 cm³/mol. The number of benzene rings is 1. The van der Waals surface area contributed by atoms with E-state index < -0.39 is 11.9 Å². The molecule has 0 amide bonds. The molecular formula is C13H16O3. The van der Waals surface area contributed by atoms with Gasteiger partial charge >= 0.3 is 5.97 Å². The SMILES string of the molecule is CCOC(=O)C(C(=O)CC)c1ccccc1. The molecule has 0 fully saturated rings. The molecule has 1 aromatic rings. The summed E-state index contributed by atoms with van der Waals surface area (Å²) in [5.74, 6) is -1.34. The molecule has 0 aliphatic carbocycles. The van der Waals surface area contributed by atoms with Crippen molar-refractivity contribution < 1.29 is 14.3 Å². The third kappa shape index (κ3) is 2.92. The third-order valence-electron chi connectivity index (χ3n) is 2.33. The Morgan fingerprint density at radius 3 is 2.31 bits per heavy atom. The van der Waals surface area contributed by atoms with E-state index >= 15 is 0 Å². The van der Waals surface area contributed by atoms with Crippen molar-refractivity contribution in [1.82, 2.24) is 0 Å². The van der Waals surface area contributed by atoms with Crippen LogP contribution in [0.2, 0.25) is 0 Å². The lowest BCUT2D eigenvalue weighted by atomic mass is 9.93. The molecule has 16 heavy (non-hydrogen) atoms. The van der Waals surface area contributed by atoms with Crippen molar-refractivity contribution >= 4 is 11.8 Å². The van der Waals surface area contributed by atoms with Crippen LogP contribution in [-0.4, -0.2) is 18.4 Å². The maximum absolute atomic E-state index is 11.7. The molecule has 3 nitrogen and oxygen atoms in total. The lowest BCUT2D eigenvalue weighted by Crippen LogP contribution is -2.23. The molecule has 0 spiro atoms. The molecule has 86 valence electrons. The summed E-state index contributed by atoms with van der Waals surface area (Å²) in [6.45, 7) is 3.77. The summed E-state index contributed by atoms with van der Waals surface area (Å²) in [4.78, 5) is 23.4. The van der Waals surface area contributed by atoms with Gasteiger partial charge in [-0.25, -0.2) is 0 Å². The number of carbonyl (C=O) groups is 2. The van der Waals surface area contributed by atoms with Crippen LogP contribution in [0.25, 0.3) is 0 Å². The summed E-state index contributed by atoms with van der Waals surface area (Å²) >= 11 is 0. The number of Topliss-reactive ketones (excluding diaryl/α,β-unsaturated/α-hetero) is 1. The average Bonchev–Trinajstić information content (AvgIpc) is 2.31. The quantitative estimate of drug-likeness (QED) is 0.565. The standard InChI is InChI=1S/C13H16O3/c1-3-11(14)12(13(15)16-4-2)10-8-6-5-7-9-10/h5-9,12H,3-4H2,1-2H3. The van der Waals surface area contributed by atoms with Crippen LogP contribution in [0.3, 0.4) is 0 Å². The summed E-state index contributed by atoms with van der Waals surface area (Å²) in [6, 6.07) is 9.02. The molecule has 0 aromatic heterocycles. The molecule has 0 bridgehead atoms. The van der Waals surface area contributed by atoms with Gasteiger partial charge in [-0.3, -0.25) is 9.59 Å². The summed E-state index contributed by atoms with van der Waals surface area (Å²) in [7, 11) is 0. The molecule has 0 radical (unpaired) electrons. The first-order valence-electron chi connectivity index (χ1n) is 5.45. The van der Waals surface area contributed by atoms with E-state index in [0.29, 0.717) is 18.6 Å². The van der Waals surface area contributed by atoms with E-state index in [0.717, 1.165) is 0 Å². The Labute approximate surface area is 95.4 Å². The first-order valence-corrected chi connectivity index (χ1v) is 5.45. The molecule has 1 unspecified atom stereocenters. The van der Waals surface area contributed by atoms with Crippen LogP contribution in [0, 0.1) is 0 Å². The Balaban J connectivity index is 2.97. The van der Waals surface area contributed by atoms with E-state index in [-0.39, 0.29) is 5.78 Å². The highest BCUT2D eigenvalue weighted by atomic mass is 16.5. The van der Waals surface area contributed by atoms with Crippen molar-refractivity contribution in [2.45, 2.75) is 26.2 Å². The lowest BCUT2D eigenvalue weighted by molar-refractivity contribution is -0.147. The molecule has 0 saturated heterocycles. The fourth-order valence-electron chi connectivity index (χ4n) is 1.53. The van der Waals surface area contributed by atoms with Gasteiger partial charge in [0.25, 0.3) is 0 Å². The first kappa shape index (κ1) is 12.4. The van der Waals surface area contributed by atoms with Crippen molar-refractivity contribution in [3.05, 3.63) is 35.9 Å². The number of ether oxygens (including phenoxy) is 1. The molecule has 0 aliphatic heterocycles. The van der Waals surface area contributed by atoms with E-state index in [1.54, 1.807) is 26.0 Å². The zero-order chi connectivity index (χ0) is 12.0. The Morgan fingerprint density at radius 2 is 1.81 bits per heavy atom. The van der Waals surface area contributed by atoms with Gasteiger partial charge in [0.1, 0.15) is 5.92 Å². The van der Waals surface area contributed by atoms with Crippen LogP contribution in [0.5, 0.6) is 0 Å². The molecular weight excluding hydrogens is 204 g/mol. The number of hydrogen-bond acceptors (Lipinski definition) is 3. The predicted octanol–water partition coefficient (Wildman–Crippen LogP) is 2.31. The van der Waals surface area contributed by atoms with E-state index in [1.807, 2.05) is 18.2 Å². The Morgan fingerprint density at radius 1 is 1.19 bits per heavy atom. The number of rotatable bonds is 5. The molecule has 3 heteroatoms. The maximum atomic E-state index is 11.7. The Bertz CT molecular complexity index is 357. The van der Waals surface area contributed by atoms with Gasteiger partial charge in [0, 0.05) is 6.42 Å². The lowest BCUT2D eigenvalue weighted by Gasteiger charge is -2.13. The number of hydrogen-bond donors (Lipinski definition) is 0. The van der Waals surface area contributed by atoms with Gasteiger partial charge < -0.3 is 4.74 Å². The Hall–Kier alpha value is -1.64. The minimum Gasteiger partial charge on any atom is -0.465 e. The second-order valence-electron chi connectivity index (χ2n) is 3.42. The number of carbonyl (C=O) groups excluding carboxylic acids is 2. The summed E-state index contributed by atoms with van der Waals surface area (Å²) in [5, 5.41) is 0. The second kappa shape index (κ2) is 6.05. The Kier molecular flexibility index (Phi) is 4.70. The normalized spacial score (nSPS) is 11.9. The van der Waals surface area contributed by atoms with Gasteiger partial charge in [0.15, 0.2) is 5.78 Å². The monoisotopic (exact) mass is 220 g/mol. The third-order valence-corrected chi connectivity index (χ3v) is 2.33. The topological polar surface area (TPSA) is 43.4 Å². The van der Waals surface area contributed by atoms with Crippen molar-refractivity contribution in [2.24, 2.45) is 0 Å². The van der Waals surface area contributed by atoms with E-state index in [2.05, 4.69) is 0 Å². The van der Waals surface area contributed by atoms with Gasteiger partial charge in [0.05, 0.1) is 6.61 Å². The van der Waals surface area contributed by atoms with E-state index in [1.165, 1.54) is 0 Å². The van der Waals surface area contributed by atoms with Gasteiger partial charge in [-0.1, -0.05) is 37.3 Å². The average molecular weight is 220 g/mol. The maximum Gasteiger partial charge on any atom is 0.321 e. The molecule has 0 saturated carbocycles. The minimum absolute atomic E-state index is 0.107. The second-order valence-corrected chi connectivity index (χ2v) is 3.42. The van der Waals surface area contributed by atoms with Gasteiger partial charge in [-0.05, 0) is 12.5 Å². The molecule has 0 heterocycles. The van der Waals surface area contributed by atoms with Crippen LogP contribution in [0.15, 0.2) is 30.3 Å². The van der Waals surface area contributed by atoms with Crippen LogP contribution < -0.4 is 0 Å². The first-order chi connectivity index (χ1) is 7.70. The minimum atomic E-state index is -0.772. The van der Waals surface area contributed by atoms with Crippen LogP contribution in [-0.2, 0) is 14.3 Å². The highest BCUT2D eigenvalue weighted by Crippen LogP contribution is 2.19. The van der Waals surface area contributed by atoms with E-state index in [9.17, 15) is 9.59 Å². The largest absolute Gasteiger partial charge is 0.465 e. The molecule has 1 atom stereocenters. The fraction of sp³-hybridized carbons (Fsp3) is 0.385. The van der Waals surface area contributed by atoms with Crippen molar-refractivity contribution in [1.29, 1.82) is 0 Å². The highest BCUT2D eigenvalue weighted by Gasteiger charge is 2.27. The zero-order valence-electron chi connectivity index (χ0n) is 9.60. The molecule has 0 N–H and O–H groups in total. The van der Waals surface area contributed by atoms with E-state index in [4.69, 9.17) is 4.74 Å². The van der Waals surface area contributed by atoms with Gasteiger partial charge in [-0.2, -0.15) is 0 Å². The smallest absolute Gasteiger partial charge is 0.321 e. The summed E-state index contributed by atoms with van der Waals surface area (Å²) in [6.07, 6.45) is 0.332. The van der Waals surface area contributed by atoms with Crippen LogP contribution in [0.4, 0.5) is 0 Å². The van der Waals surface area contributed by atoms with Crippen molar-refractivity contribution in [2.75, 3.05) is 6.61 Å². The van der Waals surface area contributed by atoms with Gasteiger partial charge in [-0.15, -0.1) is 0 Å². The van der Waals surface area contributed by atoms with Crippen LogP contribution in [0.1, 0.15) is 31.7 Å². The summed E-state index contributed by atoms with van der Waals surface area (Å²) in [5.41, 5.74) is 0.702. The number of esters is 1. The fourth-order valence-corrected chi connectivity index (χ4v) is 1.53.